The van der Waals surface area contributed by atoms with Gasteiger partial charge in [-0.1, -0.05) is 0 Å². The lowest BCUT2D eigenvalue weighted by Crippen LogP contribution is -2.11. The Morgan fingerprint density at radius 2 is 1.32 bits per heavy atom. The second-order valence-electron chi connectivity index (χ2n) is 3.88. The molecule has 0 spiro atoms. The minimum atomic E-state index is -4.83. The van der Waals surface area contributed by atoms with Crippen LogP contribution in [0.2, 0.25) is 0 Å². The van der Waals surface area contributed by atoms with Crippen LogP contribution < -0.4 is 0 Å². The first-order chi connectivity index (χ1) is 8.68. The standard InChI is InChI=1S/C12H7F6N/c13-11(14,15)8-4-7(10-2-1-3-19-10)5-9(6-8)12(16,17)18/h1-6,19H. The van der Waals surface area contributed by atoms with Crippen LogP contribution >= 0.6 is 0 Å². The van der Waals surface area contributed by atoms with Crippen LogP contribution in [-0.2, 0) is 12.4 Å². The summed E-state index contributed by atoms with van der Waals surface area (Å²) in [6.07, 6.45) is -8.24. The highest BCUT2D eigenvalue weighted by molar-refractivity contribution is 5.62. The van der Waals surface area contributed by atoms with Crippen molar-refractivity contribution in [3.8, 4) is 11.3 Å². The molecule has 0 saturated heterocycles. The largest absolute Gasteiger partial charge is 0.416 e. The highest BCUT2D eigenvalue weighted by Crippen LogP contribution is 2.38. The van der Waals surface area contributed by atoms with E-state index in [1.54, 1.807) is 0 Å². The van der Waals surface area contributed by atoms with Gasteiger partial charge in [0.2, 0.25) is 0 Å². The zero-order valence-corrected chi connectivity index (χ0v) is 9.23. The van der Waals surface area contributed by atoms with Crippen molar-refractivity contribution in [1.82, 2.24) is 4.98 Å². The summed E-state index contributed by atoms with van der Waals surface area (Å²) in [5.41, 5.74) is -2.62. The maximum Gasteiger partial charge on any atom is 0.416 e. The molecule has 0 bridgehead atoms. The highest BCUT2D eigenvalue weighted by atomic mass is 19.4. The van der Waals surface area contributed by atoms with E-state index in [2.05, 4.69) is 4.98 Å². The summed E-state index contributed by atoms with van der Waals surface area (Å²) in [5, 5.41) is 0. The van der Waals surface area contributed by atoms with Crippen LogP contribution in [0.15, 0.2) is 36.5 Å². The minimum absolute atomic E-state index is 0.104. The van der Waals surface area contributed by atoms with Gasteiger partial charge in [0.15, 0.2) is 0 Å². The number of nitrogens with one attached hydrogen (secondary N) is 1. The maximum absolute atomic E-state index is 12.6. The zero-order valence-electron chi connectivity index (χ0n) is 9.23. The van der Waals surface area contributed by atoms with E-state index in [0.29, 0.717) is 12.1 Å². The van der Waals surface area contributed by atoms with Gasteiger partial charge in [-0.15, -0.1) is 0 Å². The Bertz CT molecular complexity index is 533. The second kappa shape index (κ2) is 4.32. The van der Waals surface area contributed by atoms with Crippen molar-refractivity contribution in [1.29, 1.82) is 0 Å². The van der Waals surface area contributed by atoms with Gasteiger partial charge in [0.1, 0.15) is 0 Å². The number of halogens is 6. The van der Waals surface area contributed by atoms with Crippen molar-refractivity contribution >= 4 is 0 Å². The molecule has 2 rings (SSSR count). The normalized spacial score (nSPS) is 12.7. The van der Waals surface area contributed by atoms with Gasteiger partial charge >= 0.3 is 12.4 Å². The van der Waals surface area contributed by atoms with Crippen molar-refractivity contribution in [3.63, 3.8) is 0 Å². The van der Waals surface area contributed by atoms with Gasteiger partial charge in [-0.2, -0.15) is 26.3 Å². The Kier molecular flexibility index (Phi) is 3.07. The molecule has 0 radical (unpaired) electrons. The van der Waals surface area contributed by atoms with E-state index in [0.717, 1.165) is 0 Å². The topological polar surface area (TPSA) is 15.8 Å². The Morgan fingerprint density at radius 3 is 1.68 bits per heavy atom. The van der Waals surface area contributed by atoms with E-state index in [1.165, 1.54) is 18.3 Å². The van der Waals surface area contributed by atoms with E-state index in [4.69, 9.17) is 0 Å². The Morgan fingerprint density at radius 1 is 0.789 bits per heavy atom. The number of alkyl halides is 6. The van der Waals surface area contributed by atoms with Crippen LogP contribution in [0.3, 0.4) is 0 Å². The molecule has 1 nitrogen and oxygen atoms in total. The van der Waals surface area contributed by atoms with Crippen LogP contribution in [0.4, 0.5) is 26.3 Å². The zero-order chi connectivity index (χ0) is 14.3. The van der Waals surface area contributed by atoms with Crippen molar-refractivity contribution in [3.05, 3.63) is 47.7 Å². The number of H-pyrrole nitrogens is 1. The first-order valence-electron chi connectivity index (χ1n) is 5.11. The number of benzene rings is 1. The molecule has 102 valence electrons. The fourth-order valence-corrected chi connectivity index (χ4v) is 1.62. The summed E-state index contributed by atoms with van der Waals surface area (Å²) < 4.78 is 75.6. The molecule has 1 aromatic carbocycles. The number of hydrogen-bond acceptors (Lipinski definition) is 0. The van der Waals surface area contributed by atoms with E-state index in [9.17, 15) is 26.3 Å². The van der Waals surface area contributed by atoms with Gasteiger partial charge in [-0.05, 0) is 35.9 Å². The second-order valence-corrected chi connectivity index (χ2v) is 3.88. The number of aromatic nitrogens is 1. The van der Waals surface area contributed by atoms with Crippen LogP contribution in [0.5, 0.6) is 0 Å². The van der Waals surface area contributed by atoms with E-state index in [-0.39, 0.29) is 17.3 Å². The summed E-state index contributed by atoms with van der Waals surface area (Å²) >= 11 is 0. The fourth-order valence-electron chi connectivity index (χ4n) is 1.62. The van der Waals surface area contributed by atoms with Gasteiger partial charge in [0.25, 0.3) is 0 Å². The lowest BCUT2D eigenvalue weighted by atomic mass is 10.0. The maximum atomic E-state index is 12.6. The van der Waals surface area contributed by atoms with Crippen LogP contribution in [0.25, 0.3) is 11.3 Å². The van der Waals surface area contributed by atoms with Crippen molar-refractivity contribution in [2.24, 2.45) is 0 Å². The van der Waals surface area contributed by atoms with E-state index >= 15 is 0 Å². The van der Waals surface area contributed by atoms with Gasteiger partial charge in [-0.25, -0.2) is 0 Å². The van der Waals surface area contributed by atoms with Gasteiger partial charge in [0.05, 0.1) is 11.1 Å². The van der Waals surface area contributed by atoms with Crippen molar-refractivity contribution in [2.45, 2.75) is 12.4 Å². The molecule has 0 amide bonds. The van der Waals surface area contributed by atoms with Crippen molar-refractivity contribution < 1.29 is 26.3 Å². The Balaban J connectivity index is 2.62. The lowest BCUT2D eigenvalue weighted by Gasteiger charge is -2.13. The molecule has 0 aliphatic carbocycles. The van der Waals surface area contributed by atoms with Crippen LogP contribution in [0, 0.1) is 0 Å². The van der Waals surface area contributed by atoms with Crippen LogP contribution in [-0.4, -0.2) is 4.98 Å². The molecule has 1 aromatic heterocycles. The molecule has 1 N–H and O–H groups in total. The first-order valence-corrected chi connectivity index (χ1v) is 5.11. The highest BCUT2D eigenvalue weighted by Gasteiger charge is 2.37. The lowest BCUT2D eigenvalue weighted by molar-refractivity contribution is -0.143. The molecule has 0 saturated carbocycles. The summed E-state index contributed by atoms with van der Waals surface area (Å²) in [5.74, 6) is 0. The number of aromatic amines is 1. The molecule has 0 aliphatic heterocycles. The quantitative estimate of drug-likeness (QED) is 0.727. The summed E-state index contributed by atoms with van der Waals surface area (Å²) in [7, 11) is 0. The monoisotopic (exact) mass is 279 g/mol. The molecule has 2 aromatic rings. The average Bonchev–Trinajstić information content (AvgIpc) is 2.79. The molecule has 0 unspecified atom stereocenters. The third kappa shape index (κ3) is 2.91. The summed E-state index contributed by atoms with van der Waals surface area (Å²) in [6, 6.07) is 4.35. The molecule has 0 fully saturated rings. The van der Waals surface area contributed by atoms with E-state index in [1.807, 2.05) is 0 Å². The Labute approximate surface area is 103 Å². The molecule has 7 heteroatoms. The van der Waals surface area contributed by atoms with Gasteiger partial charge in [0, 0.05) is 11.9 Å². The molecule has 1 heterocycles. The average molecular weight is 279 g/mol. The third-order valence-corrected chi connectivity index (χ3v) is 2.50. The Hall–Kier alpha value is -1.92. The summed E-state index contributed by atoms with van der Waals surface area (Å²) in [6.45, 7) is 0. The molecule has 0 atom stereocenters. The smallest absolute Gasteiger partial charge is 0.361 e. The molecular formula is C12H7F6N. The SMILES string of the molecule is FC(F)(F)c1cc(-c2ccc[nH]2)cc(C(F)(F)F)c1. The van der Waals surface area contributed by atoms with Crippen LogP contribution in [0.1, 0.15) is 11.1 Å². The predicted molar refractivity (Wildman–Crippen MR) is 56.2 cm³/mol. The van der Waals surface area contributed by atoms with E-state index < -0.39 is 23.5 Å². The molecule has 19 heavy (non-hydrogen) atoms. The minimum Gasteiger partial charge on any atom is -0.361 e. The fraction of sp³-hybridized carbons (Fsp3) is 0.167. The third-order valence-electron chi connectivity index (χ3n) is 2.50. The van der Waals surface area contributed by atoms with Gasteiger partial charge < -0.3 is 4.98 Å². The molecular weight excluding hydrogens is 272 g/mol. The summed E-state index contributed by atoms with van der Waals surface area (Å²) in [4.78, 5) is 2.58. The predicted octanol–water partition coefficient (Wildman–Crippen LogP) is 4.72. The number of hydrogen-bond donors (Lipinski definition) is 1. The number of rotatable bonds is 1. The first kappa shape index (κ1) is 13.5. The van der Waals surface area contributed by atoms with Gasteiger partial charge in [-0.3, -0.25) is 0 Å². The van der Waals surface area contributed by atoms with Crippen molar-refractivity contribution in [2.75, 3.05) is 0 Å². The molecule has 0 aliphatic rings.